The van der Waals surface area contributed by atoms with E-state index in [0.29, 0.717) is 6.42 Å². The fraction of sp³-hybridized carbons (Fsp3) is 0.368. The Bertz CT molecular complexity index is 788. The van der Waals surface area contributed by atoms with Gasteiger partial charge in [-0.05, 0) is 36.3 Å². The van der Waals surface area contributed by atoms with Gasteiger partial charge in [0.1, 0.15) is 6.07 Å². The lowest BCUT2D eigenvalue weighted by molar-refractivity contribution is -0.121. The molecular formula is C19H15N3O. The van der Waals surface area contributed by atoms with Crippen LogP contribution >= 0.6 is 0 Å². The SMILES string of the molecule is N#CC1=C2CCCC[C@@H]2[C@H](c2ccccc2)C(C#N)(C#N)C1=O. The standard InChI is InChI=1S/C19H15N3O/c20-10-16-14-8-4-5-9-15(14)17(13-6-2-1-3-7-13)19(11-21,12-22)18(16)23/h1-3,6-7,15,17H,4-5,8-9H2/t15-,17-/m0/s1. The minimum atomic E-state index is -1.81. The van der Waals surface area contributed by atoms with Crippen LogP contribution in [0.5, 0.6) is 0 Å². The van der Waals surface area contributed by atoms with Gasteiger partial charge in [0, 0.05) is 5.92 Å². The average molecular weight is 301 g/mol. The Morgan fingerprint density at radius 3 is 2.35 bits per heavy atom. The lowest BCUT2D eigenvalue weighted by Gasteiger charge is -2.42. The van der Waals surface area contributed by atoms with Crippen LogP contribution in [0.1, 0.15) is 37.2 Å². The minimum absolute atomic E-state index is 0.0463. The number of rotatable bonds is 1. The summed E-state index contributed by atoms with van der Waals surface area (Å²) in [6.45, 7) is 0. The van der Waals surface area contributed by atoms with Crippen molar-refractivity contribution < 1.29 is 4.79 Å². The number of fused-ring (bicyclic) bond motifs is 1. The van der Waals surface area contributed by atoms with Gasteiger partial charge in [-0.25, -0.2) is 0 Å². The van der Waals surface area contributed by atoms with E-state index in [9.17, 15) is 20.6 Å². The highest BCUT2D eigenvalue weighted by atomic mass is 16.1. The Balaban J connectivity index is 2.29. The van der Waals surface area contributed by atoms with E-state index >= 15 is 0 Å². The first-order chi connectivity index (χ1) is 11.2. The van der Waals surface area contributed by atoms with Crippen molar-refractivity contribution in [1.29, 1.82) is 15.8 Å². The number of allylic oxidation sites excluding steroid dienone is 2. The number of hydrogen-bond acceptors (Lipinski definition) is 4. The zero-order valence-electron chi connectivity index (χ0n) is 12.6. The summed E-state index contributed by atoms with van der Waals surface area (Å²) in [6.07, 6.45) is 3.43. The number of nitrogens with zero attached hydrogens (tertiary/aromatic N) is 3. The number of ketones is 1. The van der Waals surface area contributed by atoms with Crippen LogP contribution in [0.25, 0.3) is 0 Å². The molecule has 0 aromatic heterocycles. The largest absolute Gasteiger partial charge is 0.290 e. The number of hydrogen-bond donors (Lipinski definition) is 0. The van der Waals surface area contributed by atoms with E-state index in [-0.39, 0.29) is 11.5 Å². The lowest BCUT2D eigenvalue weighted by Crippen LogP contribution is -2.45. The fourth-order valence-electron chi connectivity index (χ4n) is 4.03. The molecule has 112 valence electrons. The first-order valence-corrected chi connectivity index (χ1v) is 7.75. The topological polar surface area (TPSA) is 88.4 Å². The van der Waals surface area contributed by atoms with Crippen LogP contribution in [-0.4, -0.2) is 5.78 Å². The summed E-state index contributed by atoms with van der Waals surface area (Å²) in [7, 11) is 0. The van der Waals surface area contributed by atoms with Gasteiger partial charge in [-0.1, -0.05) is 36.8 Å². The molecule has 0 N–H and O–H groups in total. The highest BCUT2D eigenvalue weighted by molar-refractivity contribution is 6.09. The lowest BCUT2D eigenvalue weighted by atomic mass is 9.55. The molecule has 0 unspecified atom stereocenters. The number of benzene rings is 1. The maximum Gasteiger partial charge on any atom is 0.214 e. The van der Waals surface area contributed by atoms with Gasteiger partial charge >= 0.3 is 0 Å². The van der Waals surface area contributed by atoms with Crippen molar-refractivity contribution in [3.8, 4) is 18.2 Å². The molecular weight excluding hydrogens is 286 g/mol. The molecule has 0 amide bonds. The number of Topliss-reactive ketones (excluding diaryl/α,β-unsaturated/α-hetero) is 1. The van der Waals surface area contributed by atoms with Crippen LogP contribution in [0.2, 0.25) is 0 Å². The predicted octanol–water partition coefficient (Wildman–Crippen LogP) is 3.40. The molecule has 0 saturated heterocycles. The molecule has 4 nitrogen and oxygen atoms in total. The summed E-state index contributed by atoms with van der Waals surface area (Å²) >= 11 is 0. The summed E-state index contributed by atoms with van der Waals surface area (Å²) < 4.78 is 0. The summed E-state index contributed by atoms with van der Waals surface area (Å²) in [6, 6.07) is 15.2. The first kappa shape index (κ1) is 15.0. The van der Waals surface area contributed by atoms with E-state index in [0.717, 1.165) is 30.4 Å². The van der Waals surface area contributed by atoms with E-state index in [1.165, 1.54) is 0 Å². The Morgan fingerprint density at radius 1 is 1.04 bits per heavy atom. The zero-order valence-corrected chi connectivity index (χ0v) is 12.6. The quantitative estimate of drug-likeness (QED) is 0.795. The molecule has 0 spiro atoms. The molecule has 1 aromatic carbocycles. The molecule has 1 fully saturated rings. The van der Waals surface area contributed by atoms with Crippen molar-refractivity contribution in [2.75, 3.05) is 0 Å². The van der Waals surface area contributed by atoms with Crippen molar-refractivity contribution in [3.63, 3.8) is 0 Å². The first-order valence-electron chi connectivity index (χ1n) is 7.75. The van der Waals surface area contributed by atoms with Gasteiger partial charge in [0.25, 0.3) is 0 Å². The van der Waals surface area contributed by atoms with Gasteiger partial charge < -0.3 is 0 Å². The molecule has 2 aliphatic carbocycles. The Morgan fingerprint density at radius 2 is 1.74 bits per heavy atom. The van der Waals surface area contributed by atoms with E-state index in [2.05, 4.69) is 0 Å². The molecule has 0 radical (unpaired) electrons. The normalized spacial score (nSPS) is 25.7. The van der Waals surface area contributed by atoms with Gasteiger partial charge in [0.15, 0.2) is 0 Å². The van der Waals surface area contributed by atoms with Gasteiger partial charge in [0.05, 0.1) is 17.7 Å². The summed E-state index contributed by atoms with van der Waals surface area (Å²) in [5.74, 6) is -1.21. The third-order valence-corrected chi connectivity index (χ3v) is 5.06. The van der Waals surface area contributed by atoms with E-state index in [1.54, 1.807) is 0 Å². The third-order valence-electron chi connectivity index (χ3n) is 5.06. The van der Waals surface area contributed by atoms with E-state index in [4.69, 9.17) is 0 Å². The molecule has 2 atom stereocenters. The maximum absolute atomic E-state index is 12.9. The molecule has 1 aromatic rings. The van der Waals surface area contributed by atoms with Crippen molar-refractivity contribution in [2.45, 2.75) is 31.6 Å². The molecule has 4 heteroatoms. The van der Waals surface area contributed by atoms with Crippen LogP contribution in [-0.2, 0) is 4.79 Å². The minimum Gasteiger partial charge on any atom is -0.290 e. The van der Waals surface area contributed by atoms with Crippen LogP contribution < -0.4 is 0 Å². The summed E-state index contributed by atoms with van der Waals surface area (Å²) in [5, 5.41) is 28.9. The van der Waals surface area contributed by atoms with Crippen molar-refractivity contribution in [3.05, 3.63) is 47.0 Å². The second-order valence-corrected chi connectivity index (χ2v) is 6.11. The second kappa shape index (κ2) is 5.71. The van der Waals surface area contributed by atoms with Gasteiger partial charge in [-0.3, -0.25) is 4.79 Å². The number of carbonyl (C=O) groups is 1. The van der Waals surface area contributed by atoms with Gasteiger partial charge in [-0.15, -0.1) is 0 Å². The molecule has 0 heterocycles. The van der Waals surface area contributed by atoms with E-state index < -0.39 is 17.1 Å². The monoisotopic (exact) mass is 301 g/mol. The number of carbonyl (C=O) groups excluding carboxylic acids is 1. The fourth-order valence-corrected chi connectivity index (χ4v) is 4.03. The molecule has 0 aliphatic heterocycles. The van der Waals surface area contributed by atoms with Gasteiger partial charge in [-0.2, -0.15) is 15.8 Å². The summed E-state index contributed by atoms with van der Waals surface area (Å²) in [4.78, 5) is 12.9. The molecule has 0 bridgehead atoms. The van der Waals surface area contributed by atoms with Gasteiger partial charge in [0.2, 0.25) is 11.2 Å². The van der Waals surface area contributed by atoms with Crippen molar-refractivity contribution in [1.82, 2.24) is 0 Å². The molecule has 3 rings (SSSR count). The molecule has 2 aliphatic rings. The summed E-state index contributed by atoms with van der Waals surface area (Å²) in [5.41, 5.74) is -0.0909. The van der Waals surface area contributed by atoms with Crippen LogP contribution in [0.4, 0.5) is 0 Å². The second-order valence-electron chi connectivity index (χ2n) is 6.11. The third kappa shape index (κ3) is 2.06. The van der Waals surface area contributed by atoms with Crippen LogP contribution in [0.3, 0.4) is 0 Å². The van der Waals surface area contributed by atoms with Crippen LogP contribution in [0, 0.1) is 45.3 Å². The van der Waals surface area contributed by atoms with Crippen molar-refractivity contribution >= 4 is 5.78 Å². The Kier molecular flexibility index (Phi) is 3.73. The zero-order chi connectivity index (χ0) is 16.4. The Labute approximate surface area is 135 Å². The average Bonchev–Trinajstić information content (AvgIpc) is 2.61. The highest BCUT2D eigenvalue weighted by Crippen LogP contribution is 2.54. The number of nitriles is 3. The van der Waals surface area contributed by atoms with Crippen molar-refractivity contribution in [2.24, 2.45) is 11.3 Å². The predicted molar refractivity (Wildman–Crippen MR) is 82.4 cm³/mol. The smallest absolute Gasteiger partial charge is 0.214 e. The highest BCUT2D eigenvalue weighted by Gasteiger charge is 2.56. The molecule has 23 heavy (non-hydrogen) atoms. The Hall–Kier alpha value is -2.90. The van der Waals surface area contributed by atoms with Crippen LogP contribution in [0.15, 0.2) is 41.5 Å². The van der Waals surface area contributed by atoms with E-state index in [1.807, 2.05) is 48.5 Å². The molecule has 1 saturated carbocycles. The maximum atomic E-state index is 12.9.